The van der Waals surface area contributed by atoms with Crippen LogP contribution in [0.1, 0.15) is 28.4 Å². The van der Waals surface area contributed by atoms with Gasteiger partial charge in [0.1, 0.15) is 0 Å². The van der Waals surface area contributed by atoms with E-state index in [0.717, 1.165) is 51.9 Å². The lowest BCUT2D eigenvalue weighted by Crippen LogP contribution is -2.42. The molecular weight excluding hydrogens is 497 g/mol. The third kappa shape index (κ3) is 6.70. The van der Waals surface area contributed by atoms with E-state index in [4.69, 9.17) is 9.73 Å². The molecule has 1 saturated heterocycles. The molecule has 0 spiro atoms. The number of thiophene rings is 1. The standard InChI is InChI=1S/C21H33N5OS.HI/c1-5-22-21(25(4)16-18-7-6-10-24(18)3)23-15-19(20-9-8-17(2)28-20)26-11-13-27-14-12-26;/h6-10,19H,5,11-16H2,1-4H3,(H,22,23);1H. The highest BCUT2D eigenvalue weighted by Crippen LogP contribution is 2.28. The number of hydrogen-bond acceptors (Lipinski definition) is 4. The molecule has 1 N–H and O–H groups in total. The summed E-state index contributed by atoms with van der Waals surface area (Å²) in [7, 11) is 4.19. The number of nitrogens with one attached hydrogen (secondary N) is 1. The topological polar surface area (TPSA) is 45.0 Å². The number of guanidine groups is 1. The summed E-state index contributed by atoms with van der Waals surface area (Å²) in [5, 5.41) is 3.46. The fraction of sp³-hybridized carbons (Fsp3) is 0.571. The largest absolute Gasteiger partial charge is 0.379 e. The van der Waals surface area contributed by atoms with Crippen molar-refractivity contribution in [3.8, 4) is 0 Å². The molecular formula is C21H34IN5OS. The van der Waals surface area contributed by atoms with Gasteiger partial charge < -0.3 is 19.5 Å². The van der Waals surface area contributed by atoms with E-state index < -0.39 is 0 Å². The molecule has 1 atom stereocenters. The van der Waals surface area contributed by atoms with E-state index in [1.807, 2.05) is 11.3 Å². The van der Waals surface area contributed by atoms with E-state index in [1.54, 1.807) is 0 Å². The van der Waals surface area contributed by atoms with E-state index in [1.165, 1.54) is 15.4 Å². The maximum absolute atomic E-state index is 5.57. The monoisotopic (exact) mass is 531 g/mol. The van der Waals surface area contributed by atoms with Crippen molar-refractivity contribution in [1.82, 2.24) is 19.7 Å². The molecule has 1 unspecified atom stereocenters. The molecule has 0 aliphatic carbocycles. The molecule has 3 heterocycles. The van der Waals surface area contributed by atoms with Crippen molar-refractivity contribution in [2.45, 2.75) is 26.4 Å². The summed E-state index contributed by atoms with van der Waals surface area (Å²) < 4.78 is 7.72. The van der Waals surface area contributed by atoms with Crippen LogP contribution in [0.2, 0.25) is 0 Å². The summed E-state index contributed by atoms with van der Waals surface area (Å²) in [6, 6.07) is 9.02. The van der Waals surface area contributed by atoms with E-state index in [0.29, 0.717) is 6.04 Å². The van der Waals surface area contributed by atoms with Crippen LogP contribution in [0.4, 0.5) is 0 Å². The average Bonchev–Trinajstić information content (AvgIpc) is 3.30. The van der Waals surface area contributed by atoms with Crippen molar-refractivity contribution in [2.24, 2.45) is 12.0 Å². The number of aryl methyl sites for hydroxylation is 2. The number of rotatable bonds is 7. The van der Waals surface area contributed by atoms with Crippen LogP contribution in [-0.2, 0) is 18.3 Å². The minimum atomic E-state index is 0. The average molecular weight is 532 g/mol. The summed E-state index contributed by atoms with van der Waals surface area (Å²) >= 11 is 1.88. The smallest absolute Gasteiger partial charge is 0.194 e. The molecule has 0 aromatic carbocycles. The molecule has 1 aliphatic heterocycles. The van der Waals surface area contributed by atoms with Gasteiger partial charge in [0.2, 0.25) is 0 Å². The number of aromatic nitrogens is 1. The second-order valence-corrected chi connectivity index (χ2v) is 8.59. The second kappa shape index (κ2) is 11.9. The van der Waals surface area contributed by atoms with Crippen LogP contribution >= 0.6 is 35.3 Å². The third-order valence-corrected chi connectivity index (χ3v) is 6.24. The molecule has 3 rings (SSSR count). The zero-order chi connectivity index (χ0) is 19.9. The predicted octanol–water partition coefficient (Wildman–Crippen LogP) is 3.48. The minimum absolute atomic E-state index is 0. The summed E-state index contributed by atoms with van der Waals surface area (Å²) in [4.78, 5) is 12.5. The van der Waals surface area contributed by atoms with Gasteiger partial charge in [-0.2, -0.15) is 0 Å². The molecule has 29 heavy (non-hydrogen) atoms. The lowest BCUT2D eigenvalue weighted by atomic mass is 10.2. The van der Waals surface area contributed by atoms with Crippen LogP contribution in [0.15, 0.2) is 35.5 Å². The highest BCUT2D eigenvalue weighted by Gasteiger charge is 2.24. The zero-order valence-corrected chi connectivity index (χ0v) is 21.1. The van der Waals surface area contributed by atoms with Crippen molar-refractivity contribution in [2.75, 3.05) is 46.4 Å². The molecule has 162 valence electrons. The Bertz CT molecular complexity index is 769. The lowest BCUT2D eigenvalue weighted by molar-refractivity contribution is 0.0186. The van der Waals surface area contributed by atoms with Crippen LogP contribution < -0.4 is 5.32 Å². The number of ether oxygens (including phenoxy) is 1. The maximum atomic E-state index is 5.57. The molecule has 0 bridgehead atoms. The quantitative estimate of drug-likeness (QED) is 0.338. The molecule has 1 fully saturated rings. The highest BCUT2D eigenvalue weighted by atomic mass is 127. The van der Waals surface area contributed by atoms with Crippen molar-refractivity contribution in [3.63, 3.8) is 0 Å². The van der Waals surface area contributed by atoms with Gasteiger partial charge in [-0.15, -0.1) is 35.3 Å². The van der Waals surface area contributed by atoms with Crippen LogP contribution in [0, 0.1) is 6.92 Å². The van der Waals surface area contributed by atoms with Crippen molar-refractivity contribution < 1.29 is 4.74 Å². The minimum Gasteiger partial charge on any atom is -0.379 e. The van der Waals surface area contributed by atoms with E-state index in [-0.39, 0.29) is 24.0 Å². The molecule has 2 aromatic rings. The molecule has 0 amide bonds. The Kier molecular flexibility index (Phi) is 9.94. The first-order valence-electron chi connectivity index (χ1n) is 10.1. The predicted molar refractivity (Wildman–Crippen MR) is 132 cm³/mol. The van der Waals surface area contributed by atoms with Crippen molar-refractivity contribution in [1.29, 1.82) is 0 Å². The second-order valence-electron chi connectivity index (χ2n) is 7.27. The fourth-order valence-electron chi connectivity index (χ4n) is 3.53. The van der Waals surface area contributed by atoms with Crippen LogP contribution in [0.5, 0.6) is 0 Å². The Hall–Kier alpha value is -1.10. The van der Waals surface area contributed by atoms with E-state index in [2.05, 4.69) is 78.1 Å². The number of aliphatic imine (C=N–C) groups is 1. The Morgan fingerprint density at radius 1 is 1.31 bits per heavy atom. The molecule has 8 heteroatoms. The Morgan fingerprint density at radius 2 is 2.07 bits per heavy atom. The summed E-state index contributed by atoms with van der Waals surface area (Å²) in [5.74, 6) is 0.954. The number of hydrogen-bond donors (Lipinski definition) is 1. The first-order valence-corrected chi connectivity index (χ1v) is 10.9. The summed E-state index contributed by atoms with van der Waals surface area (Å²) in [6.07, 6.45) is 2.08. The van der Waals surface area contributed by atoms with Gasteiger partial charge in [-0.1, -0.05) is 0 Å². The number of nitrogens with zero attached hydrogens (tertiary/aromatic N) is 4. The Balaban J connectivity index is 0.00000300. The summed E-state index contributed by atoms with van der Waals surface area (Å²) in [6.45, 7) is 10.3. The molecule has 2 aromatic heterocycles. The zero-order valence-electron chi connectivity index (χ0n) is 17.9. The van der Waals surface area contributed by atoms with Crippen LogP contribution in [-0.4, -0.2) is 66.8 Å². The van der Waals surface area contributed by atoms with E-state index >= 15 is 0 Å². The van der Waals surface area contributed by atoms with Gasteiger partial charge in [0.25, 0.3) is 0 Å². The van der Waals surface area contributed by atoms with Gasteiger partial charge in [-0.3, -0.25) is 9.89 Å². The maximum Gasteiger partial charge on any atom is 0.194 e. The van der Waals surface area contributed by atoms with Gasteiger partial charge in [0.15, 0.2) is 5.96 Å². The normalized spacial score (nSPS) is 16.3. The third-order valence-electron chi connectivity index (χ3n) is 5.14. The van der Waals surface area contributed by atoms with Gasteiger partial charge in [-0.25, -0.2) is 0 Å². The van der Waals surface area contributed by atoms with Gasteiger partial charge in [0, 0.05) is 55.4 Å². The van der Waals surface area contributed by atoms with Gasteiger partial charge >= 0.3 is 0 Å². The van der Waals surface area contributed by atoms with Crippen molar-refractivity contribution >= 4 is 41.3 Å². The SMILES string of the molecule is CCNC(=NCC(c1ccc(C)s1)N1CCOCC1)N(C)Cc1cccn1C.I. The van der Waals surface area contributed by atoms with Gasteiger partial charge in [0.05, 0.1) is 32.3 Å². The Labute approximate surface area is 196 Å². The fourth-order valence-corrected chi connectivity index (χ4v) is 4.53. The first-order chi connectivity index (χ1) is 13.6. The summed E-state index contributed by atoms with van der Waals surface area (Å²) in [5.41, 5.74) is 1.27. The molecule has 1 aliphatic rings. The van der Waals surface area contributed by atoms with Crippen LogP contribution in [0.25, 0.3) is 0 Å². The van der Waals surface area contributed by atoms with Crippen molar-refractivity contribution in [3.05, 3.63) is 45.9 Å². The first kappa shape index (κ1) is 24.2. The van der Waals surface area contributed by atoms with Crippen LogP contribution in [0.3, 0.4) is 0 Å². The Morgan fingerprint density at radius 3 is 2.66 bits per heavy atom. The van der Waals surface area contributed by atoms with Gasteiger partial charge in [-0.05, 0) is 38.1 Å². The number of halogens is 1. The number of morpholine rings is 1. The highest BCUT2D eigenvalue weighted by molar-refractivity contribution is 14.0. The lowest BCUT2D eigenvalue weighted by Gasteiger charge is -2.33. The molecule has 6 nitrogen and oxygen atoms in total. The van der Waals surface area contributed by atoms with E-state index in [9.17, 15) is 0 Å². The molecule has 0 radical (unpaired) electrons. The molecule has 0 saturated carbocycles.